The molecule has 2 nitrogen and oxygen atoms in total. The SMILES string of the molecule is C#CC(C)c1cc(C)[nH]n1. The molecule has 0 spiro atoms. The molecule has 1 rings (SSSR count). The second kappa shape index (κ2) is 2.57. The average molecular weight is 134 g/mol. The fourth-order valence-corrected chi connectivity index (χ4v) is 0.746. The Kier molecular flexibility index (Phi) is 1.77. The van der Waals surface area contributed by atoms with E-state index in [0.29, 0.717) is 0 Å². The molecule has 0 aliphatic rings. The Bertz CT molecular complexity index is 254. The second-order valence-corrected chi connectivity index (χ2v) is 2.36. The number of nitrogens with zero attached hydrogens (tertiary/aromatic N) is 1. The van der Waals surface area contributed by atoms with Crippen molar-refractivity contribution in [1.82, 2.24) is 10.2 Å². The minimum Gasteiger partial charge on any atom is -0.283 e. The van der Waals surface area contributed by atoms with E-state index < -0.39 is 0 Å². The van der Waals surface area contributed by atoms with Crippen LogP contribution in [0.15, 0.2) is 6.07 Å². The van der Waals surface area contributed by atoms with Crippen molar-refractivity contribution in [1.29, 1.82) is 0 Å². The summed E-state index contributed by atoms with van der Waals surface area (Å²) in [6, 6.07) is 1.96. The van der Waals surface area contributed by atoms with Crippen LogP contribution in [0, 0.1) is 19.3 Å². The van der Waals surface area contributed by atoms with Crippen LogP contribution >= 0.6 is 0 Å². The molecular weight excluding hydrogens is 124 g/mol. The lowest BCUT2D eigenvalue weighted by Crippen LogP contribution is -1.88. The summed E-state index contributed by atoms with van der Waals surface area (Å²) in [7, 11) is 0. The van der Waals surface area contributed by atoms with Crippen LogP contribution in [-0.2, 0) is 0 Å². The van der Waals surface area contributed by atoms with Gasteiger partial charge < -0.3 is 0 Å². The molecule has 10 heavy (non-hydrogen) atoms. The van der Waals surface area contributed by atoms with Gasteiger partial charge in [-0.05, 0) is 19.9 Å². The minimum atomic E-state index is 0.116. The van der Waals surface area contributed by atoms with E-state index in [1.807, 2.05) is 19.9 Å². The molecule has 1 N–H and O–H groups in total. The van der Waals surface area contributed by atoms with Gasteiger partial charge in [0.15, 0.2) is 0 Å². The van der Waals surface area contributed by atoms with E-state index >= 15 is 0 Å². The van der Waals surface area contributed by atoms with Crippen LogP contribution in [0.3, 0.4) is 0 Å². The Morgan fingerprint density at radius 3 is 2.90 bits per heavy atom. The van der Waals surface area contributed by atoms with Crippen LogP contribution in [0.2, 0.25) is 0 Å². The zero-order chi connectivity index (χ0) is 7.56. The number of aryl methyl sites for hydroxylation is 1. The van der Waals surface area contributed by atoms with E-state index in [1.165, 1.54) is 0 Å². The molecule has 0 aliphatic carbocycles. The minimum absolute atomic E-state index is 0.116. The first-order valence-electron chi connectivity index (χ1n) is 3.22. The molecule has 2 heteroatoms. The average Bonchev–Trinajstić information content (AvgIpc) is 2.34. The highest BCUT2D eigenvalue weighted by molar-refractivity contribution is 5.18. The third-order valence-electron chi connectivity index (χ3n) is 1.42. The van der Waals surface area contributed by atoms with Gasteiger partial charge in [-0.1, -0.05) is 5.92 Å². The molecule has 0 saturated heterocycles. The predicted molar refractivity (Wildman–Crippen MR) is 40.6 cm³/mol. The Morgan fingerprint density at radius 2 is 2.50 bits per heavy atom. The monoisotopic (exact) mass is 134 g/mol. The Morgan fingerprint density at radius 1 is 1.80 bits per heavy atom. The maximum absolute atomic E-state index is 5.21. The fourth-order valence-electron chi connectivity index (χ4n) is 0.746. The van der Waals surface area contributed by atoms with Crippen molar-refractivity contribution in [3.05, 3.63) is 17.5 Å². The second-order valence-electron chi connectivity index (χ2n) is 2.36. The van der Waals surface area contributed by atoms with Crippen LogP contribution in [0.4, 0.5) is 0 Å². The largest absolute Gasteiger partial charge is 0.283 e. The molecule has 0 bridgehead atoms. The highest BCUT2D eigenvalue weighted by Crippen LogP contribution is 2.10. The van der Waals surface area contributed by atoms with Crippen molar-refractivity contribution in [2.24, 2.45) is 0 Å². The van der Waals surface area contributed by atoms with Crippen molar-refractivity contribution in [3.63, 3.8) is 0 Å². The lowest BCUT2D eigenvalue weighted by Gasteiger charge is -1.94. The molecule has 0 aliphatic heterocycles. The van der Waals surface area contributed by atoms with Crippen LogP contribution in [0.1, 0.15) is 24.2 Å². The molecule has 0 radical (unpaired) electrons. The number of hydrogen-bond donors (Lipinski definition) is 1. The van der Waals surface area contributed by atoms with Crippen molar-refractivity contribution in [3.8, 4) is 12.3 Å². The lowest BCUT2D eigenvalue weighted by atomic mass is 10.1. The molecule has 0 aromatic carbocycles. The number of H-pyrrole nitrogens is 1. The molecule has 1 unspecified atom stereocenters. The van der Waals surface area contributed by atoms with Gasteiger partial charge >= 0.3 is 0 Å². The summed E-state index contributed by atoms with van der Waals surface area (Å²) in [4.78, 5) is 0. The Labute approximate surface area is 60.7 Å². The van der Waals surface area contributed by atoms with Crippen LogP contribution in [-0.4, -0.2) is 10.2 Å². The number of terminal acetylenes is 1. The van der Waals surface area contributed by atoms with E-state index in [4.69, 9.17) is 6.42 Å². The predicted octanol–water partition coefficient (Wildman–Crippen LogP) is 1.45. The quantitative estimate of drug-likeness (QED) is 0.579. The number of aromatic nitrogens is 2. The first kappa shape index (κ1) is 6.88. The summed E-state index contributed by atoms with van der Waals surface area (Å²) in [6.07, 6.45) is 5.21. The molecule has 52 valence electrons. The molecule has 0 fully saturated rings. The van der Waals surface area contributed by atoms with E-state index in [-0.39, 0.29) is 5.92 Å². The topological polar surface area (TPSA) is 28.7 Å². The van der Waals surface area contributed by atoms with E-state index in [2.05, 4.69) is 16.1 Å². The van der Waals surface area contributed by atoms with Gasteiger partial charge in [0.25, 0.3) is 0 Å². The molecule has 1 atom stereocenters. The molecule has 0 amide bonds. The van der Waals surface area contributed by atoms with Gasteiger partial charge in [-0.3, -0.25) is 5.10 Å². The highest BCUT2D eigenvalue weighted by atomic mass is 15.1. The van der Waals surface area contributed by atoms with Crippen LogP contribution in [0.5, 0.6) is 0 Å². The molecule has 1 aromatic rings. The van der Waals surface area contributed by atoms with Crippen molar-refractivity contribution in [2.75, 3.05) is 0 Å². The third-order valence-corrected chi connectivity index (χ3v) is 1.42. The first-order valence-corrected chi connectivity index (χ1v) is 3.22. The van der Waals surface area contributed by atoms with Crippen LogP contribution < -0.4 is 0 Å². The number of rotatable bonds is 1. The highest BCUT2D eigenvalue weighted by Gasteiger charge is 2.03. The normalized spacial score (nSPS) is 12.5. The maximum atomic E-state index is 5.21. The fraction of sp³-hybridized carbons (Fsp3) is 0.375. The van der Waals surface area contributed by atoms with E-state index in [0.717, 1.165) is 11.4 Å². The zero-order valence-electron chi connectivity index (χ0n) is 6.18. The van der Waals surface area contributed by atoms with Gasteiger partial charge in [-0.2, -0.15) is 5.10 Å². The van der Waals surface area contributed by atoms with E-state index in [9.17, 15) is 0 Å². The summed E-state index contributed by atoms with van der Waals surface area (Å²) >= 11 is 0. The van der Waals surface area contributed by atoms with Gasteiger partial charge in [0.2, 0.25) is 0 Å². The summed E-state index contributed by atoms with van der Waals surface area (Å²) in [5, 5.41) is 6.86. The van der Waals surface area contributed by atoms with Crippen molar-refractivity contribution >= 4 is 0 Å². The van der Waals surface area contributed by atoms with Crippen molar-refractivity contribution in [2.45, 2.75) is 19.8 Å². The van der Waals surface area contributed by atoms with Gasteiger partial charge in [0, 0.05) is 5.69 Å². The number of hydrogen-bond acceptors (Lipinski definition) is 1. The molecule has 1 aromatic heterocycles. The van der Waals surface area contributed by atoms with Crippen molar-refractivity contribution < 1.29 is 0 Å². The summed E-state index contributed by atoms with van der Waals surface area (Å²) in [5.41, 5.74) is 2.00. The van der Waals surface area contributed by atoms with Crippen LogP contribution in [0.25, 0.3) is 0 Å². The Hall–Kier alpha value is -1.23. The summed E-state index contributed by atoms with van der Waals surface area (Å²) in [6.45, 7) is 3.91. The van der Waals surface area contributed by atoms with Gasteiger partial charge in [-0.15, -0.1) is 6.42 Å². The summed E-state index contributed by atoms with van der Waals surface area (Å²) in [5.74, 6) is 2.73. The first-order chi connectivity index (χ1) is 4.74. The van der Waals surface area contributed by atoms with E-state index in [1.54, 1.807) is 0 Å². The molecule has 0 saturated carbocycles. The standard InChI is InChI=1S/C8H10N2/c1-4-6(2)8-5-7(3)9-10-8/h1,5-6H,2-3H3,(H,9,10). The summed E-state index contributed by atoms with van der Waals surface area (Å²) < 4.78 is 0. The molecular formula is C8H10N2. The lowest BCUT2D eigenvalue weighted by molar-refractivity contribution is 0.902. The third kappa shape index (κ3) is 1.19. The van der Waals surface area contributed by atoms with Gasteiger partial charge in [0.05, 0.1) is 11.6 Å². The number of nitrogens with one attached hydrogen (secondary N) is 1. The van der Waals surface area contributed by atoms with Gasteiger partial charge in [-0.25, -0.2) is 0 Å². The molecule has 1 heterocycles. The maximum Gasteiger partial charge on any atom is 0.0771 e. The number of aromatic amines is 1. The zero-order valence-corrected chi connectivity index (χ0v) is 6.18. The smallest absolute Gasteiger partial charge is 0.0771 e. The van der Waals surface area contributed by atoms with Gasteiger partial charge in [0.1, 0.15) is 0 Å². The Balaban J connectivity index is 2.87.